The van der Waals surface area contributed by atoms with Crippen molar-refractivity contribution in [2.45, 2.75) is 31.2 Å². The van der Waals surface area contributed by atoms with Crippen molar-refractivity contribution in [3.8, 4) is 5.88 Å². The molecule has 6 nitrogen and oxygen atoms in total. The van der Waals surface area contributed by atoms with Crippen LogP contribution >= 0.6 is 11.8 Å². The number of nitrogens with zero attached hydrogens (tertiary/aromatic N) is 4. The third-order valence-corrected chi connectivity index (χ3v) is 5.37. The molecule has 1 saturated carbocycles. The zero-order valence-electron chi connectivity index (χ0n) is 12.5. The predicted octanol–water partition coefficient (Wildman–Crippen LogP) is 3.14. The number of thioether (sulfide) groups is 1. The summed E-state index contributed by atoms with van der Waals surface area (Å²) in [5.74, 6) is 1.45. The zero-order valence-corrected chi connectivity index (χ0v) is 13.3. The average molecular weight is 317 g/mol. The van der Waals surface area contributed by atoms with Gasteiger partial charge in [-0.25, -0.2) is 0 Å². The first-order chi connectivity index (χ1) is 10.8. The Morgan fingerprint density at radius 3 is 3.05 bits per heavy atom. The number of anilines is 1. The molecule has 1 atom stereocenters. The van der Waals surface area contributed by atoms with E-state index in [9.17, 15) is 0 Å². The summed E-state index contributed by atoms with van der Waals surface area (Å²) in [6.45, 7) is 0.984. The highest BCUT2D eigenvalue weighted by molar-refractivity contribution is 8.02. The van der Waals surface area contributed by atoms with Crippen molar-refractivity contribution in [2.75, 3.05) is 12.0 Å². The van der Waals surface area contributed by atoms with Crippen molar-refractivity contribution in [1.82, 2.24) is 20.0 Å². The lowest BCUT2D eigenvalue weighted by Crippen LogP contribution is -2.18. The zero-order chi connectivity index (χ0) is 14.9. The number of rotatable bonds is 5. The average Bonchev–Trinajstić information content (AvgIpc) is 3.20. The highest BCUT2D eigenvalue weighted by atomic mass is 32.2. The smallest absolute Gasteiger partial charge is 0.256 e. The van der Waals surface area contributed by atoms with E-state index in [0.29, 0.717) is 5.88 Å². The molecule has 1 N–H and O–H groups in total. The Kier molecular flexibility index (Phi) is 3.57. The van der Waals surface area contributed by atoms with Gasteiger partial charge < -0.3 is 9.64 Å². The summed E-state index contributed by atoms with van der Waals surface area (Å²) in [5, 5.41) is 13.8. The lowest BCUT2D eigenvalue weighted by Gasteiger charge is -2.25. The van der Waals surface area contributed by atoms with Gasteiger partial charge in [0.1, 0.15) is 11.1 Å². The van der Waals surface area contributed by atoms with E-state index in [-0.39, 0.29) is 5.37 Å². The van der Waals surface area contributed by atoms with Gasteiger partial charge in [-0.15, -0.1) is 16.9 Å². The van der Waals surface area contributed by atoms with Crippen molar-refractivity contribution in [3.63, 3.8) is 0 Å². The van der Waals surface area contributed by atoms with Crippen LogP contribution in [0.4, 0.5) is 5.69 Å². The molecule has 2 aromatic rings. The highest BCUT2D eigenvalue weighted by Gasteiger charge is 2.29. The summed E-state index contributed by atoms with van der Waals surface area (Å²) in [7, 11) is 1.68. The monoisotopic (exact) mass is 317 g/mol. The van der Waals surface area contributed by atoms with E-state index in [1.807, 2.05) is 17.1 Å². The maximum Gasteiger partial charge on any atom is 0.256 e. The molecule has 7 heteroatoms. The van der Waals surface area contributed by atoms with Gasteiger partial charge in [0.25, 0.3) is 5.88 Å². The van der Waals surface area contributed by atoms with Crippen molar-refractivity contribution in [2.24, 2.45) is 5.92 Å². The number of methoxy groups -OCH3 is 1. The Hall–Kier alpha value is -1.89. The molecule has 4 rings (SSSR count). The second-order valence-electron chi connectivity index (χ2n) is 5.76. The lowest BCUT2D eigenvalue weighted by molar-refractivity contribution is 0.263. The van der Waals surface area contributed by atoms with Crippen LogP contribution in [0.25, 0.3) is 0 Å². The van der Waals surface area contributed by atoms with E-state index < -0.39 is 0 Å². The molecule has 1 aliphatic heterocycles. The van der Waals surface area contributed by atoms with Gasteiger partial charge in [-0.05, 0) is 24.2 Å². The van der Waals surface area contributed by atoms with Crippen molar-refractivity contribution in [3.05, 3.63) is 35.8 Å². The van der Waals surface area contributed by atoms with Crippen LogP contribution in [0.5, 0.6) is 5.88 Å². The summed E-state index contributed by atoms with van der Waals surface area (Å²) in [4.78, 5) is 2.19. The van der Waals surface area contributed by atoms with Gasteiger partial charge >= 0.3 is 0 Å². The van der Waals surface area contributed by atoms with Crippen LogP contribution in [0.3, 0.4) is 0 Å². The van der Waals surface area contributed by atoms with Gasteiger partial charge in [0.2, 0.25) is 0 Å². The predicted molar refractivity (Wildman–Crippen MR) is 86.7 cm³/mol. The number of hydrogen-bond acceptors (Lipinski definition) is 5. The number of hydrogen-bond donors (Lipinski definition) is 1. The fourth-order valence-corrected chi connectivity index (χ4v) is 3.86. The molecule has 0 spiro atoms. The molecule has 0 saturated heterocycles. The number of nitrogens with one attached hydrogen (secondary N) is 1. The standard InChI is InChI=1S/C15H19N5OS/c1-21-14-13(10-19(18-14)9-11-3-2-4-11)20-5-6-22-15(20)12-7-16-17-8-12/h5-8,10-11,15H,2-4,9H2,1H3,(H,16,17). The van der Waals surface area contributed by atoms with Crippen LogP contribution in [0.1, 0.15) is 30.2 Å². The van der Waals surface area contributed by atoms with Gasteiger partial charge in [0.15, 0.2) is 0 Å². The van der Waals surface area contributed by atoms with E-state index in [1.165, 1.54) is 19.3 Å². The minimum Gasteiger partial charge on any atom is -0.478 e. The molecule has 2 aliphatic rings. The summed E-state index contributed by atoms with van der Waals surface area (Å²) in [6.07, 6.45) is 12.0. The molecular weight excluding hydrogens is 298 g/mol. The third kappa shape index (κ3) is 2.39. The molecule has 1 aliphatic carbocycles. The molecule has 1 unspecified atom stereocenters. The summed E-state index contributed by atoms with van der Waals surface area (Å²) in [5.41, 5.74) is 2.15. The number of H-pyrrole nitrogens is 1. The van der Waals surface area contributed by atoms with Gasteiger partial charge in [-0.2, -0.15) is 5.10 Å². The molecule has 22 heavy (non-hydrogen) atoms. The SMILES string of the molecule is COc1nn(CC2CCC2)cc1N1C=CSC1c1cn[nH]c1. The molecule has 0 aromatic carbocycles. The molecule has 0 radical (unpaired) electrons. The third-order valence-electron chi connectivity index (χ3n) is 4.34. The minimum atomic E-state index is 0.175. The molecule has 0 bridgehead atoms. The fourth-order valence-electron chi connectivity index (χ4n) is 2.91. The summed E-state index contributed by atoms with van der Waals surface area (Å²) in [6, 6.07) is 0. The Balaban J connectivity index is 1.61. The van der Waals surface area contributed by atoms with Crippen LogP contribution in [0.15, 0.2) is 30.2 Å². The van der Waals surface area contributed by atoms with Crippen molar-refractivity contribution < 1.29 is 4.74 Å². The van der Waals surface area contributed by atoms with E-state index in [2.05, 4.69) is 38.0 Å². The quantitative estimate of drug-likeness (QED) is 0.918. The maximum atomic E-state index is 5.50. The second kappa shape index (κ2) is 5.72. The van der Waals surface area contributed by atoms with Crippen LogP contribution < -0.4 is 9.64 Å². The van der Waals surface area contributed by atoms with Crippen LogP contribution in [0.2, 0.25) is 0 Å². The van der Waals surface area contributed by atoms with Crippen LogP contribution in [-0.2, 0) is 6.54 Å². The molecular formula is C15H19N5OS. The second-order valence-corrected chi connectivity index (χ2v) is 6.75. The topological polar surface area (TPSA) is 59.0 Å². The Bertz CT molecular complexity index is 662. The molecule has 3 heterocycles. The van der Waals surface area contributed by atoms with Gasteiger partial charge in [-0.1, -0.05) is 6.42 Å². The minimum absolute atomic E-state index is 0.175. The lowest BCUT2D eigenvalue weighted by atomic mass is 9.85. The maximum absolute atomic E-state index is 5.50. The van der Waals surface area contributed by atoms with Gasteiger partial charge in [-0.3, -0.25) is 9.78 Å². The Morgan fingerprint density at radius 1 is 1.45 bits per heavy atom. The van der Waals surface area contributed by atoms with Crippen LogP contribution in [0, 0.1) is 5.92 Å². The highest BCUT2D eigenvalue weighted by Crippen LogP contribution is 2.44. The fraction of sp³-hybridized carbons (Fsp3) is 0.467. The van der Waals surface area contributed by atoms with E-state index in [4.69, 9.17) is 4.74 Å². The number of aromatic amines is 1. The first kappa shape index (κ1) is 13.8. The van der Waals surface area contributed by atoms with Gasteiger partial charge in [0, 0.05) is 24.5 Å². The first-order valence-corrected chi connectivity index (χ1v) is 8.50. The van der Waals surface area contributed by atoms with Crippen molar-refractivity contribution >= 4 is 17.4 Å². The van der Waals surface area contributed by atoms with Gasteiger partial charge in [0.05, 0.1) is 19.5 Å². The number of ether oxygens (including phenoxy) is 1. The first-order valence-electron chi connectivity index (χ1n) is 7.56. The molecule has 1 fully saturated rings. The summed E-state index contributed by atoms with van der Waals surface area (Å²) < 4.78 is 7.53. The van der Waals surface area contributed by atoms with E-state index >= 15 is 0 Å². The van der Waals surface area contributed by atoms with Crippen LogP contribution in [-0.4, -0.2) is 27.1 Å². The van der Waals surface area contributed by atoms with E-state index in [0.717, 1.165) is 23.7 Å². The summed E-state index contributed by atoms with van der Waals surface area (Å²) >= 11 is 1.75. The molecule has 2 aromatic heterocycles. The Labute approximate surface area is 133 Å². The number of aromatic nitrogens is 4. The molecule has 0 amide bonds. The van der Waals surface area contributed by atoms with Crippen molar-refractivity contribution in [1.29, 1.82) is 0 Å². The Morgan fingerprint density at radius 2 is 2.36 bits per heavy atom. The molecule has 116 valence electrons. The largest absolute Gasteiger partial charge is 0.478 e. The normalized spacial score (nSPS) is 21.3. The van der Waals surface area contributed by atoms with E-state index in [1.54, 1.807) is 18.9 Å².